The van der Waals surface area contributed by atoms with E-state index < -0.39 is 47.4 Å². The van der Waals surface area contributed by atoms with Crippen molar-refractivity contribution in [2.24, 2.45) is 11.7 Å². The van der Waals surface area contributed by atoms with Crippen LogP contribution in [0.5, 0.6) is 5.75 Å². The number of carbonyl (C=O) groups is 2. The molecule has 2 aromatic rings. The fourth-order valence-corrected chi connectivity index (χ4v) is 5.17. The van der Waals surface area contributed by atoms with E-state index in [9.17, 15) is 9.59 Å². The molecule has 2 amide bonds. The van der Waals surface area contributed by atoms with Crippen LogP contribution in [0.3, 0.4) is 0 Å². The Bertz CT molecular complexity index is 1030. The number of primary amides is 1. The maximum Gasteiger partial charge on any atom is 0.248 e. The first-order chi connectivity index (χ1) is 15.0. The molecular formula is C20H20F2N2O4S. The van der Waals surface area contributed by atoms with Crippen LogP contribution in [0.2, 0.25) is 0 Å². The van der Waals surface area contributed by atoms with Crippen molar-refractivity contribution in [2.75, 3.05) is 25.7 Å². The average molecular weight is 425 g/mol. The summed E-state index contributed by atoms with van der Waals surface area (Å²) in [6.07, 6.45) is 0. The average Bonchev–Trinajstić information content (AvgIpc) is 3.12. The Kier molecular flexibility index (Phi) is 4.98. The SMILES string of the molecule is [2H]C([2H])([2H])Oc1cccc(-c2cc(F)c(C3(C(N)=O)CSCC3C(=O)NOC)c(F)c2)c1. The Morgan fingerprint density at radius 1 is 1.28 bits per heavy atom. The fourth-order valence-electron chi connectivity index (χ4n) is 3.57. The number of nitrogens with two attached hydrogens (primary N) is 1. The summed E-state index contributed by atoms with van der Waals surface area (Å²) in [5.41, 5.74) is 5.55. The van der Waals surface area contributed by atoms with Gasteiger partial charge >= 0.3 is 0 Å². The highest BCUT2D eigenvalue weighted by molar-refractivity contribution is 7.99. The smallest absolute Gasteiger partial charge is 0.248 e. The molecule has 2 atom stereocenters. The second-order valence-electron chi connectivity index (χ2n) is 6.52. The third-order valence-corrected chi connectivity index (χ3v) is 6.17. The molecule has 6 nitrogen and oxygen atoms in total. The Balaban J connectivity index is 2.08. The van der Waals surface area contributed by atoms with Crippen molar-refractivity contribution in [3.05, 3.63) is 53.6 Å². The van der Waals surface area contributed by atoms with Crippen LogP contribution in [0.4, 0.5) is 8.78 Å². The standard InChI is InChI=1S/C20H20F2N2O4S/c1-27-13-5-3-4-11(6-13)12-7-15(21)17(16(22)8-12)20(19(23)26)10-29-9-14(20)18(25)24-28-2/h3-8,14H,9-10H2,1-2H3,(H2,23,26)(H,24,25)/i1D3. The Morgan fingerprint density at radius 2 is 2.00 bits per heavy atom. The van der Waals surface area contributed by atoms with E-state index in [2.05, 4.69) is 10.3 Å². The molecule has 1 heterocycles. The van der Waals surface area contributed by atoms with Gasteiger partial charge in [0.1, 0.15) is 22.8 Å². The summed E-state index contributed by atoms with van der Waals surface area (Å²) < 4.78 is 57.0. The zero-order valence-electron chi connectivity index (χ0n) is 18.3. The topological polar surface area (TPSA) is 90.7 Å². The van der Waals surface area contributed by atoms with Gasteiger partial charge in [-0.05, 0) is 35.4 Å². The van der Waals surface area contributed by atoms with Gasteiger partial charge in [0.25, 0.3) is 0 Å². The molecule has 0 spiro atoms. The van der Waals surface area contributed by atoms with Gasteiger partial charge in [0.2, 0.25) is 11.8 Å². The predicted molar refractivity (Wildman–Crippen MR) is 105 cm³/mol. The van der Waals surface area contributed by atoms with Crippen LogP contribution < -0.4 is 16.0 Å². The van der Waals surface area contributed by atoms with Crippen LogP contribution in [0, 0.1) is 17.6 Å². The number of hydrogen-bond donors (Lipinski definition) is 2. The van der Waals surface area contributed by atoms with Gasteiger partial charge in [-0.3, -0.25) is 14.4 Å². The Morgan fingerprint density at radius 3 is 2.62 bits per heavy atom. The second-order valence-corrected chi connectivity index (χ2v) is 7.55. The largest absolute Gasteiger partial charge is 0.497 e. The van der Waals surface area contributed by atoms with Gasteiger partial charge in [0.05, 0.1) is 24.2 Å². The summed E-state index contributed by atoms with van der Waals surface area (Å²) in [6.45, 7) is 0. The van der Waals surface area contributed by atoms with Crippen molar-refractivity contribution < 1.29 is 32.1 Å². The van der Waals surface area contributed by atoms with Crippen molar-refractivity contribution in [1.82, 2.24) is 5.48 Å². The molecular weight excluding hydrogens is 402 g/mol. The molecule has 0 aliphatic carbocycles. The highest BCUT2D eigenvalue weighted by atomic mass is 32.2. The number of methoxy groups -OCH3 is 1. The number of nitrogens with one attached hydrogen (secondary N) is 1. The fraction of sp³-hybridized carbons (Fsp3) is 0.300. The van der Waals surface area contributed by atoms with E-state index in [-0.39, 0.29) is 22.8 Å². The van der Waals surface area contributed by atoms with E-state index in [1.165, 1.54) is 43.1 Å². The highest BCUT2D eigenvalue weighted by Gasteiger charge is 2.55. The summed E-state index contributed by atoms with van der Waals surface area (Å²) in [7, 11) is -1.49. The number of carbonyl (C=O) groups excluding carboxylic acids is 2. The number of rotatable bonds is 6. The number of benzene rings is 2. The maximum atomic E-state index is 15.3. The number of hydroxylamine groups is 1. The molecule has 1 aliphatic heterocycles. The quantitative estimate of drug-likeness (QED) is 0.694. The van der Waals surface area contributed by atoms with Gasteiger partial charge < -0.3 is 10.5 Å². The molecule has 2 aromatic carbocycles. The van der Waals surface area contributed by atoms with E-state index in [1.807, 2.05) is 0 Å². The van der Waals surface area contributed by atoms with Gasteiger partial charge in [-0.25, -0.2) is 14.3 Å². The van der Waals surface area contributed by atoms with Gasteiger partial charge in [0.15, 0.2) is 0 Å². The van der Waals surface area contributed by atoms with Crippen molar-refractivity contribution >= 4 is 23.6 Å². The molecule has 1 fully saturated rings. The van der Waals surface area contributed by atoms with E-state index in [0.29, 0.717) is 5.56 Å². The lowest BCUT2D eigenvalue weighted by Crippen LogP contribution is -2.53. The van der Waals surface area contributed by atoms with Crippen LogP contribution in [-0.4, -0.2) is 37.5 Å². The van der Waals surface area contributed by atoms with Crippen molar-refractivity contribution in [3.63, 3.8) is 0 Å². The van der Waals surface area contributed by atoms with Gasteiger partial charge in [0, 0.05) is 17.1 Å². The van der Waals surface area contributed by atoms with Crippen LogP contribution in [0.25, 0.3) is 11.1 Å². The lowest BCUT2D eigenvalue weighted by Gasteiger charge is -2.31. The van der Waals surface area contributed by atoms with E-state index in [4.69, 9.17) is 14.6 Å². The van der Waals surface area contributed by atoms with Gasteiger partial charge in [-0.2, -0.15) is 11.8 Å². The normalized spacial score (nSPS) is 23.0. The molecule has 1 aliphatic rings. The number of ether oxygens (including phenoxy) is 1. The van der Waals surface area contributed by atoms with Crippen molar-refractivity contribution in [1.29, 1.82) is 0 Å². The van der Waals surface area contributed by atoms with Crippen LogP contribution in [0.1, 0.15) is 9.68 Å². The molecule has 0 bridgehead atoms. The zero-order valence-corrected chi connectivity index (χ0v) is 16.1. The minimum Gasteiger partial charge on any atom is -0.497 e. The van der Waals surface area contributed by atoms with Crippen molar-refractivity contribution in [3.8, 4) is 16.9 Å². The lowest BCUT2D eigenvalue weighted by atomic mass is 9.70. The van der Waals surface area contributed by atoms with Gasteiger partial charge in [-0.15, -0.1) is 0 Å². The molecule has 154 valence electrons. The third-order valence-electron chi connectivity index (χ3n) is 4.94. The molecule has 29 heavy (non-hydrogen) atoms. The van der Waals surface area contributed by atoms with Crippen LogP contribution in [0.15, 0.2) is 36.4 Å². The van der Waals surface area contributed by atoms with Crippen LogP contribution >= 0.6 is 11.8 Å². The lowest BCUT2D eigenvalue weighted by molar-refractivity contribution is -0.140. The zero-order chi connectivity index (χ0) is 23.7. The van der Waals surface area contributed by atoms with Gasteiger partial charge in [-0.1, -0.05) is 12.1 Å². The van der Waals surface area contributed by atoms with E-state index >= 15 is 8.78 Å². The minimum atomic E-state index is -2.69. The molecule has 0 saturated carbocycles. The first-order valence-corrected chi connectivity index (χ1v) is 9.64. The summed E-state index contributed by atoms with van der Waals surface area (Å²) in [4.78, 5) is 29.5. The van der Waals surface area contributed by atoms with Crippen molar-refractivity contribution in [2.45, 2.75) is 5.41 Å². The predicted octanol–water partition coefficient (Wildman–Crippen LogP) is 2.40. The van der Waals surface area contributed by atoms with Crippen LogP contribution in [-0.2, 0) is 19.8 Å². The molecule has 1 saturated heterocycles. The minimum absolute atomic E-state index is 0.00973. The molecule has 0 radical (unpaired) electrons. The molecule has 3 rings (SSSR count). The Labute approximate surface area is 174 Å². The number of halogens is 2. The monoisotopic (exact) mass is 425 g/mol. The summed E-state index contributed by atoms with van der Waals surface area (Å²) in [5, 5.41) is 0. The summed E-state index contributed by atoms with van der Waals surface area (Å²) in [5.74, 6) is -4.98. The third kappa shape index (κ3) is 3.67. The van der Waals surface area contributed by atoms with E-state index in [1.54, 1.807) is 0 Å². The first kappa shape index (κ1) is 17.2. The molecule has 2 unspecified atom stereocenters. The molecule has 3 N–H and O–H groups in total. The molecule has 9 heteroatoms. The summed E-state index contributed by atoms with van der Waals surface area (Å²) >= 11 is 1.17. The first-order valence-electron chi connectivity index (χ1n) is 9.99. The number of amides is 2. The maximum absolute atomic E-state index is 15.3. The van der Waals surface area contributed by atoms with E-state index in [0.717, 1.165) is 12.1 Å². The number of thioether (sulfide) groups is 1. The Hall–Kier alpha value is -2.65. The summed E-state index contributed by atoms with van der Waals surface area (Å²) in [6, 6.07) is 7.73. The highest BCUT2D eigenvalue weighted by Crippen LogP contribution is 2.46. The number of hydrogen-bond acceptors (Lipinski definition) is 5. The molecule has 0 aromatic heterocycles. The second kappa shape index (κ2) is 8.38.